The first kappa shape index (κ1) is 13.4. The molecule has 0 N–H and O–H groups in total. The summed E-state index contributed by atoms with van der Waals surface area (Å²) in [7, 11) is 1.79. The Hall–Kier alpha value is -2.56. The van der Waals surface area contributed by atoms with E-state index in [-0.39, 0.29) is 5.91 Å². The zero-order valence-corrected chi connectivity index (χ0v) is 11.9. The summed E-state index contributed by atoms with van der Waals surface area (Å²) in [5.74, 6) is 0.878. The molecule has 1 amide bonds. The van der Waals surface area contributed by atoms with E-state index in [1.807, 2.05) is 41.0 Å². The lowest BCUT2D eigenvalue weighted by Gasteiger charge is -2.16. The van der Waals surface area contributed by atoms with Crippen molar-refractivity contribution in [1.29, 1.82) is 0 Å². The first-order chi connectivity index (χ1) is 10.2. The average molecular weight is 283 g/mol. The number of hydrogen-bond donors (Lipinski definition) is 0. The summed E-state index contributed by atoms with van der Waals surface area (Å²) in [4.78, 5) is 18.2. The number of amides is 1. The van der Waals surface area contributed by atoms with Crippen molar-refractivity contribution in [2.45, 2.75) is 19.5 Å². The third-order valence-electron chi connectivity index (χ3n) is 3.49. The van der Waals surface area contributed by atoms with E-state index in [1.54, 1.807) is 24.5 Å². The largest absolute Gasteiger partial charge is 0.467 e. The summed E-state index contributed by atoms with van der Waals surface area (Å²) in [6.07, 6.45) is 3.84. The highest BCUT2D eigenvalue weighted by atomic mass is 16.3. The van der Waals surface area contributed by atoms with E-state index < -0.39 is 0 Å². The van der Waals surface area contributed by atoms with E-state index >= 15 is 0 Å². The van der Waals surface area contributed by atoms with Gasteiger partial charge < -0.3 is 13.9 Å². The van der Waals surface area contributed by atoms with Crippen LogP contribution in [0.3, 0.4) is 0 Å². The lowest BCUT2D eigenvalue weighted by Crippen LogP contribution is -2.26. The Kier molecular flexibility index (Phi) is 3.73. The smallest absolute Gasteiger partial charge is 0.224 e. The molecule has 0 saturated carbocycles. The van der Waals surface area contributed by atoms with Crippen LogP contribution in [0.2, 0.25) is 0 Å². The number of carbonyl (C=O) groups is 1. The van der Waals surface area contributed by atoms with Crippen LogP contribution in [0, 0.1) is 0 Å². The molecular weight excluding hydrogens is 266 g/mol. The number of fused-ring (bicyclic) bond motifs is 1. The van der Waals surface area contributed by atoms with Crippen LogP contribution in [0.1, 0.15) is 12.2 Å². The second-order valence-electron chi connectivity index (χ2n) is 5.01. The molecule has 0 fully saturated rings. The first-order valence-corrected chi connectivity index (χ1v) is 6.90. The molecule has 3 aromatic rings. The molecule has 2 heterocycles. The van der Waals surface area contributed by atoms with Gasteiger partial charge in [-0.2, -0.15) is 0 Å². The fourth-order valence-electron chi connectivity index (χ4n) is 2.32. The molecule has 5 nitrogen and oxygen atoms in total. The molecular formula is C16H17N3O2. The summed E-state index contributed by atoms with van der Waals surface area (Å²) in [6.45, 7) is 1.12. The number of rotatable bonds is 5. The summed E-state index contributed by atoms with van der Waals surface area (Å²) in [5, 5.41) is 0. The van der Waals surface area contributed by atoms with Crippen LogP contribution < -0.4 is 0 Å². The van der Waals surface area contributed by atoms with Crippen LogP contribution in [0.25, 0.3) is 11.0 Å². The quantitative estimate of drug-likeness (QED) is 0.723. The van der Waals surface area contributed by atoms with Gasteiger partial charge in [0.25, 0.3) is 0 Å². The van der Waals surface area contributed by atoms with Crippen molar-refractivity contribution in [1.82, 2.24) is 14.5 Å². The maximum absolute atomic E-state index is 12.2. The van der Waals surface area contributed by atoms with Crippen LogP contribution in [0.5, 0.6) is 0 Å². The molecule has 21 heavy (non-hydrogen) atoms. The van der Waals surface area contributed by atoms with Crippen molar-refractivity contribution in [3.63, 3.8) is 0 Å². The van der Waals surface area contributed by atoms with Gasteiger partial charge >= 0.3 is 0 Å². The molecule has 3 rings (SSSR count). The van der Waals surface area contributed by atoms with Crippen molar-refractivity contribution in [3.8, 4) is 0 Å². The highest BCUT2D eigenvalue weighted by molar-refractivity contribution is 5.77. The number of imidazole rings is 1. The van der Waals surface area contributed by atoms with Gasteiger partial charge in [0.1, 0.15) is 5.76 Å². The number of nitrogens with zero attached hydrogens (tertiary/aromatic N) is 3. The van der Waals surface area contributed by atoms with Gasteiger partial charge in [-0.05, 0) is 24.3 Å². The standard InChI is InChI=1S/C16H17N3O2/c1-18(11-13-5-4-10-21-13)16(20)8-9-19-12-17-14-6-2-3-7-15(14)19/h2-7,10,12H,8-9,11H2,1H3. The molecule has 0 atom stereocenters. The molecule has 0 saturated heterocycles. The Morgan fingerprint density at radius 2 is 2.14 bits per heavy atom. The lowest BCUT2D eigenvalue weighted by atomic mass is 10.3. The minimum Gasteiger partial charge on any atom is -0.467 e. The van der Waals surface area contributed by atoms with Crippen LogP contribution in [0.4, 0.5) is 0 Å². The van der Waals surface area contributed by atoms with Crippen LogP contribution >= 0.6 is 0 Å². The van der Waals surface area contributed by atoms with Crippen molar-refractivity contribution < 1.29 is 9.21 Å². The zero-order valence-electron chi connectivity index (χ0n) is 11.9. The summed E-state index contributed by atoms with van der Waals surface area (Å²) in [6, 6.07) is 11.6. The Balaban J connectivity index is 1.60. The van der Waals surface area contributed by atoms with Gasteiger partial charge in [-0.15, -0.1) is 0 Å². The normalized spacial score (nSPS) is 10.9. The van der Waals surface area contributed by atoms with Crippen molar-refractivity contribution >= 4 is 16.9 Å². The second kappa shape index (κ2) is 5.83. The third-order valence-corrected chi connectivity index (χ3v) is 3.49. The molecule has 0 unspecified atom stereocenters. The Labute approximate surface area is 122 Å². The van der Waals surface area contributed by atoms with Gasteiger partial charge in [0, 0.05) is 20.0 Å². The topological polar surface area (TPSA) is 51.3 Å². The Morgan fingerprint density at radius 3 is 2.95 bits per heavy atom. The SMILES string of the molecule is CN(Cc1ccco1)C(=O)CCn1cnc2ccccc21. The Bertz CT molecular complexity index is 731. The predicted molar refractivity (Wildman–Crippen MR) is 79.5 cm³/mol. The molecule has 0 aliphatic heterocycles. The van der Waals surface area contributed by atoms with E-state index in [4.69, 9.17) is 4.42 Å². The number of benzene rings is 1. The lowest BCUT2D eigenvalue weighted by molar-refractivity contribution is -0.130. The van der Waals surface area contributed by atoms with Gasteiger partial charge in [0.15, 0.2) is 0 Å². The molecule has 5 heteroatoms. The van der Waals surface area contributed by atoms with Gasteiger partial charge in [-0.25, -0.2) is 4.98 Å². The maximum atomic E-state index is 12.2. The number of carbonyl (C=O) groups excluding carboxylic acids is 1. The molecule has 0 radical (unpaired) electrons. The van der Waals surface area contributed by atoms with Crippen LogP contribution in [-0.4, -0.2) is 27.4 Å². The van der Waals surface area contributed by atoms with E-state index in [0.717, 1.165) is 16.8 Å². The van der Waals surface area contributed by atoms with Gasteiger partial charge in [0.05, 0.1) is 30.2 Å². The Morgan fingerprint density at radius 1 is 1.29 bits per heavy atom. The second-order valence-corrected chi connectivity index (χ2v) is 5.01. The minimum atomic E-state index is 0.0872. The number of furan rings is 1. The molecule has 2 aromatic heterocycles. The van der Waals surface area contributed by atoms with Gasteiger partial charge in [-0.1, -0.05) is 12.1 Å². The van der Waals surface area contributed by atoms with E-state index in [0.29, 0.717) is 19.5 Å². The molecule has 0 bridgehead atoms. The fraction of sp³-hybridized carbons (Fsp3) is 0.250. The number of aromatic nitrogens is 2. The van der Waals surface area contributed by atoms with Crippen molar-refractivity contribution in [3.05, 3.63) is 54.7 Å². The van der Waals surface area contributed by atoms with Crippen molar-refractivity contribution in [2.24, 2.45) is 0 Å². The van der Waals surface area contributed by atoms with E-state index in [9.17, 15) is 4.79 Å². The molecule has 1 aromatic carbocycles. The minimum absolute atomic E-state index is 0.0872. The average Bonchev–Trinajstić information content (AvgIpc) is 3.14. The zero-order chi connectivity index (χ0) is 14.7. The summed E-state index contributed by atoms with van der Waals surface area (Å²) >= 11 is 0. The predicted octanol–water partition coefficient (Wildman–Crippen LogP) is 2.68. The van der Waals surface area contributed by atoms with E-state index in [2.05, 4.69) is 4.98 Å². The van der Waals surface area contributed by atoms with E-state index in [1.165, 1.54) is 0 Å². The van der Waals surface area contributed by atoms with Gasteiger partial charge in [0.2, 0.25) is 5.91 Å². The van der Waals surface area contributed by atoms with Crippen molar-refractivity contribution in [2.75, 3.05) is 7.05 Å². The highest BCUT2D eigenvalue weighted by Crippen LogP contribution is 2.13. The van der Waals surface area contributed by atoms with Crippen LogP contribution in [0.15, 0.2) is 53.4 Å². The maximum Gasteiger partial charge on any atom is 0.224 e. The molecule has 0 aliphatic rings. The molecule has 108 valence electrons. The fourth-order valence-corrected chi connectivity index (χ4v) is 2.32. The summed E-state index contributed by atoms with van der Waals surface area (Å²) < 4.78 is 7.26. The third kappa shape index (κ3) is 2.97. The summed E-state index contributed by atoms with van der Waals surface area (Å²) in [5.41, 5.74) is 2.01. The molecule has 0 aliphatic carbocycles. The first-order valence-electron chi connectivity index (χ1n) is 6.90. The highest BCUT2D eigenvalue weighted by Gasteiger charge is 2.11. The van der Waals surface area contributed by atoms with Gasteiger partial charge in [-0.3, -0.25) is 4.79 Å². The molecule has 0 spiro atoms. The number of hydrogen-bond acceptors (Lipinski definition) is 3. The van der Waals surface area contributed by atoms with Crippen LogP contribution in [-0.2, 0) is 17.9 Å². The number of para-hydroxylation sites is 2. The number of aryl methyl sites for hydroxylation is 1. The monoisotopic (exact) mass is 283 g/mol.